The normalized spacial score (nSPS) is 19.2. The Kier molecular flexibility index (Phi) is 3.37. The summed E-state index contributed by atoms with van der Waals surface area (Å²) in [6.45, 7) is 3.54. The lowest BCUT2D eigenvalue weighted by molar-refractivity contribution is 0.331. The second-order valence-corrected chi connectivity index (χ2v) is 7.62. The fourth-order valence-corrected chi connectivity index (χ4v) is 4.85. The summed E-state index contributed by atoms with van der Waals surface area (Å²) in [4.78, 5) is 18.2. The van der Waals surface area contributed by atoms with E-state index in [1.54, 1.807) is 0 Å². The standard InChI is InChI=1S/C21H24N2O/c24-21-18-6-2-1-5-17(18)19-12-15-11-14(13-23-9-3-4-10-23)7-8-16(15)20(19)22-21/h7-8,11H,1-6,9-10,12-13H2,(H,22,24). The number of H-pyrrole nitrogens is 1. The number of hydrogen-bond acceptors (Lipinski definition) is 2. The molecule has 2 aromatic rings. The predicted molar refractivity (Wildman–Crippen MR) is 96.5 cm³/mol. The smallest absolute Gasteiger partial charge is 0.251 e. The van der Waals surface area contributed by atoms with Crippen LogP contribution < -0.4 is 5.56 Å². The number of aromatic amines is 1. The van der Waals surface area contributed by atoms with Gasteiger partial charge in [-0.05, 0) is 73.9 Å². The Morgan fingerprint density at radius 1 is 0.958 bits per heavy atom. The van der Waals surface area contributed by atoms with Crippen LogP contribution in [0.1, 0.15) is 53.5 Å². The number of nitrogens with zero attached hydrogens (tertiary/aromatic N) is 1. The summed E-state index contributed by atoms with van der Waals surface area (Å²) >= 11 is 0. The third-order valence-corrected chi connectivity index (χ3v) is 6.06. The van der Waals surface area contributed by atoms with Crippen molar-refractivity contribution in [3.63, 3.8) is 0 Å². The molecule has 0 amide bonds. The number of benzene rings is 1. The van der Waals surface area contributed by atoms with Gasteiger partial charge < -0.3 is 4.98 Å². The number of nitrogens with one attached hydrogen (secondary N) is 1. The predicted octanol–water partition coefficient (Wildman–Crippen LogP) is 3.42. The first-order chi connectivity index (χ1) is 11.8. The lowest BCUT2D eigenvalue weighted by Gasteiger charge is -2.18. The molecular formula is C21H24N2O. The first kappa shape index (κ1) is 14.5. The monoisotopic (exact) mass is 320 g/mol. The van der Waals surface area contributed by atoms with Gasteiger partial charge in [0, 0.05) is 24.1 Å². The molecule has 3 heteroatoms. The van der Waals surface area contributed by atoms with Crippen molar-refractivity contribution in [1.29, 1.82) is 0 Å². The van der Waals surface area contributed by atoms with Crippen LogP contribution in [0.4, 0.5) is 0 Å². The summed E-state index contributed by atoms with van der Waals surface area (Å²) < 4.78 is 0. The summed E-state index contributed by atoms with van der Waals surface area (Å²) in [5, 5.41) is 0. The lowest BCUT2D eigenvalue weighted by Crippen LogP contribution is -2.21. The van der Waals surface area contributed by atoms with E-state index in [9.17, 15) is 4.79 Å². The summed E-state index contributed by atoms with van der Waals surface area (Å²) in [6.07, 6.45) is 8.08. The van der Waals surface area contributed by atoms with Crippen molar-refractivity contribution in [3.05, 3.63) is 56.4 Å². The van der Waals surface area contributed by atoms with Crippen LogP contribution in [0, 0.1) is 0 Å². The van der Waals surface area contributed by atoms with Crippen LogP contribution in [0.3, 0.4) is 0 Å². The average Bonchev–Trinajstić information content (AvgIpc) is 3.23. The second kappa shape index (κ2) is 5.59. The zero-order valence-electron chi connectivity index (χ0n) is 14.2. The van der Waals surface area contributed by atoms with Crippen LogP contribution in [-0.4, -0.2) is 23.0 Å². The van der Waals surface area contributed by atoms with E-state index in [4.69, 9.17) is 0 Å². The van der Waals surface area contributed by atoms with Gasteiger partial charge in [-0.3, -0.25) is 9.69 Å². The SMILES string of the molecule is O=c1[nH]c2c(c3c1CCCC3)Cc1cc(CN3CCCC3)ccc1-2. The maximum atomic E-state index is 12.5. The summed E-state index contributed by atoms with van der Waals surface area (Å²) in [6, 6.07) is 6.86. The molecule has 0 spiro atoms. The Balaban J connectivity index is 1.53. The highest BCUT2D eigenvalue weighted by atomic mass is 16.1. The first-order valence-electron chi connectivity index (χ1n) is 9.41. The minimum Gasteiger partial charge on any atom is -0.321 e. The highest BCUT2D eigenvalue weighted by Gasteiger charge is 2.27. The molecule has 3 aliphatic rings. The largest absolute Gasteiger partial charge is 0.321 e. The van der Waals surface area contributed by atoms with Crippen molar-refractivity contribution in [1.82, 2.24) is 9.88 Å². The van der Waals surface area contributed by atoms with Crippen LogP contribution in [-0.2, 0) is 25.8 Å². The Morgan fingerprint density at radius 2 is 1.75 bits per heavy atom. The number of rotatable bonds is 2. The quantitative estimate of drug-likeness (QED) is 0.785. The molecule has 5 rings (SSSR count). The Hall–Kier alpha value is -1.87. The highest BCUT2D eigenvalue weighted by molar-refractivity contribution is 5.75. The van der Waals surface area contributed by atoms with E-state index in [1.807, 2.05) is 0 Å². The minimum atomic E-state index is 0.150. The van der Waals surface area contributed by atoms with Crippen molar-refractivity contribution in [2.24, 2.45) is 0 Å². The highest BCUT2D eigenvalue weighted by Crippen LogP contribution is 2.39. The molecule has 2 heterocycles. The maximum absolute atomic E-state index is 12.5. The fourth-order valence-electron chi connectivity index (χ4n) is 4.85. The molecule has 0 unspecified atom stereocenters. The Labute approximate surface area is 142 Å². The molecule has 3 nitrogen and oxygen atoms in total. The average molecular weight is 320 g/mol. The summed E-state index contributed by atoms with van der Waals surface area (Å²) in [5.41, 5.74) is 9.14. The van der Waals surface area contributed by atoms with Crippen LogP contribution in [0.2, 0.25) is 0 Å². The number of aromatic nitrogens is 1. The fraction of sp³-hybridized carbons (Fsp3) is 0.476. The first-order valence-corrected chi connectivity index (χ1v) is 9.41. The van der Waals surface area contributed by atoms with Crippen LogP contribution in [0.15, 0.2) is 23.0 Å². The topological polar surface area (TPSA) is 36.1 Å². The van der Waals surface area contributed by atoms with Crippen molar-refractivity contribution < 1.29 is 0 Å². The van der Waals surface area contributed by atoms with Gasteiger partial charge in [-0.15, -0.1) is 0 Å². The summed E-state index contributed by atoms with van der Waals surface area (Å²) in [5.74, 6) is 0. The van der Waals surface area contributed by atoms with Crippen LogP contribution in [0.5, 0.6) is 0 Å². The molecule has 24 heavy (non-hydrogen) atoms. The van der Waals surface area contributed by atoms with Crippen molar-refractivity contribution >= 4 is 0 Å². The Morgan fingerprint density at radius 3 is 2.58 bits per heavy atom. The molecule has 1 saturated heterocycles. The van der Waals surface area contributed by atoms with E-state index in [0.29, 0.717) is 0 Å². The maximum Gasteiger partial charge on any atom is 0.251 e. The van der Waals surface area contributed by atoms with Gasteiger partial charge in [-0.25, -0.2) is 0 Å². The van der Waals surface area contributed by atoms with E-state index in [0.717, 1.165) is 43.5 Å². The van der Waals surface area contributed by atoms with E-state index in [1.165, 1.54) is 60.2 Å². The minimum absolute atomic E-state index is 0.150. The molecule has 0 radical (unpaired) electrons. The molecule has 1 N–H and O–H groups in total. The zero-order valence-corrected chi connectivity index (χ0v) is 14.2. The van der Waals surface area contributed by atoms with E-state index in [-0.39, 0.29) is 5.56 Å². The van der Waals surface area contributed by atoms with Crippen LogP contribution in [0.25, 0.3) is 11.3 Å². The number of pyridine rings is 1. The number of hydrogen-bond donors (Lipinski definition) is 1. The van der Waals surface area contributed by atoms with Gasteiger partial charge in [0.05, 0.1) is 5.69 Å². The van der Waals surface area contributed by atoms with E-state index < -0.39 is 0 Å². The molecule has 124 valence electrons. The number of likely N-dealkylation sites (tertiary alicyclic amines) is 1. The van der Waals surface area contributed by atoms with Crippen molar-refractivity contribution in [3.8, 4) is 11.3 Å². The van der Waals surface area contributed by atoms with Crippen molar-refractivity contribution in [2.75, 3.05) is 13.1 Å². The molecule has 1 aromatic heterocycles. The molecular weight excluding hydrogens is 296 g/mol. The van der Waals surface area contributed by atoms with E-state index >= 15 is 0 Å². The lowest BCUT2D eigenvalue weighted by atomic mass is 9.88. The molecule has 1 fully saturated rings. The summed E-state index contributed by atoms with van der Waals surface area (Å²) in [7, 11) is 0. The van der Waals surface area contributed by atoms with E-state index in [2.05, 4.69) is 28.1 Å². The molecule has 2 aliphatic carbocycles. The van der Waals surface area contributed by atoms with Gasteiger partial charge in [-0.2, -0.15) is 0 Å². The third-order valence-electron chi connectivity index (χ3n) is 6.06. The molecule has 0 bridgehead atoms. The molecule has 0 saturated carbocycles. The molecule has 1 aromatic carbocycles. The van der Waals surface area contributed by atoms with Gasteiger partial charge in [0.15, 0.2) is 0 Å². The Bertz CT molecular complexity index is 859. The van der Waals surface area contributed by atoms with Gasteiger partial charge in [0.2, 0.25) is 0 Å². The van der Waals surface area contributed by atoms with Gasteiger partial charge in [0.25, 0.3) is 5.56 Å². The number of fused-ring (bicyclic) bond motifs is 5. The second-order valence-electron chi connectivity index (χ2n) is 7.62. The van der Waals surface area contributed by atoms with Crippen LogP contribution >= 0.6 is 0 Å². The molecule has 0 atom stereocenters. The molecule has 1 aliphatic heterocycles. The van der Waals surface area contributed by atoms with Gasteiger partial charge >= 0.3 is 0 Å². The van der Waals surface area contributed by atoms with Gasteiger partial charge in [0.1, 0.15) is 0 Å². The third kappa shape index (κ3) is 2.26. The van der Waals surface area contributed by atoms with Gasteiger partial charge in [-0.1, -0.05) is 18.2 Å². The van der Waals surface area contributed by atoms with Crippen molar-refractivity contribution in [2.45, 2.75) is 51.5 Å². The zero-order chi connectivity index (χ0) is 16.1.